The van der Waals surface area contributed by atoms with Crippen LogP contribution in [0, 0.1) is 34.5 Å². The number of carbonyl (C=O) groups excluding carboxylic acids is 5. The molecule has 49 heavy (non-hydrogen) atoms. The van der Waals surface area contributed by atoms with Crippen molar-refractivity contribution in [3.8, 4) is 0 Å². The second-order valence-corrected chi connectivity index (χ2v) is 16.5. The Morgan fingerprint density at radius 1 is 0.980 bits per heavy atom. The Bertz CT molecular complexity index is 1400. The summed E-state index contributed by atoms with van der Waals surface area (Å²) in [5.74, 6) is -1.58. The van der Waals surface area contributed by atoms with Crippen LogP contribution in [0.5, 0.6) is 0 Å². The molecule has 0 spiro atoms. The second-order valence-electron chi connectivity index (χ2n) is 16.5. The summed E-state index contributed by atoms with van der Waals surface area (Å²) in [6, 6.07) is -1.56. The van der Waals surface area contributed by atoms with Gasteiger partial charge in [-0.25, -0.2) is 14.8 Å². The van der Waals surface area contributed by atoms with Crippen molar-refractivity contribution in [3.05, 3.63) is 18.5 Å². The molecule has 2 saturated carbocycles. The highest BCUT2D eigenvalue weighted by Gasteiger charge is 2.70. The number of piperazine rings is 1. The fourth-order valence-corrected chi connectivity index (χ4v) is 7.60. The first-order valence-electron chi connectivity index (χ1n) is 17.7. The van der Waals surface area contributed by atoms with E-state index in [0.29, 0.717) is 25.5 Å². The maximum atomic E-state index is 14.4. The van der Waals surface area contributed by atoms with Crippen LogP contribution in [0.25, 0.3) is 0 Å². The van der Waals surface area contributed by atoms with E-state index < -0.39 is 47.2 Å². The Labute approximate surface area is 289 Å². The number of hydrogen-bond donors (Lipinski definition) is 4. The topological polar surface area (TPSA) is 183 Å². The standard InChI is InChI=1S/C35H55N9O5/c1-20(2)24(19-42-13-15-43(16-14-42)32-37-11-8-12-38-32)40-33(49)41-28(34(3,4)5)31(48)44-18-22-25(35(22,6)7)26(44)30(47)39-23(17-21-9-10-21)27(45)29(36)46/h8,11-12,20-26,28H,9-10,13-19H2,1-7H3,(H2,36,46)(H,39,47)(H2,40,41,49)/t22-,23?,24+,25-,26-,28+/m0/s1. The summed E-state index contributed by atoms with van der Waals surface area (Å²) in [5, 5.41) is 8.90. The predicted molar refractivity (Wildman–Crippen MR) is 184 cm³/mol. The predicted octanol–water partition coefficient (Wildman–Crippen LogP) is 1.16. The molecule has 5 N–H and O–H groups in total. The molecule has 3 heterocycles. The quantitative estimate of drug-likeness (QED) is 0.222. The molecule has 1 unspecified atom stereocenters. The van der Waals surface area contributed by atoms with Gasteiger partial charge >= 0.3 is 6.03 Å². The third-order valence-corrected chi connectivity index (χ3v) is 11.1. The Balaban J connectivity index is 1.24. The number of anilines is 1. The summed E-state index contributed by atoms with van der Waals surface area (Å²) < 4.78 is 0. The maximum absolute atomic E-state index is 14.4. The number of rotatable bonds is 13. The number of Topliss-reactive ketones (excluding diaryl/α,β-unsaturated/α-hetero) is 1. The van der Waals surface area contributed by atoms with E-state index in [1.54, 1.807) is 23.4 Å². The number of hydrogen-bond acceptors (Lipinski definition) is 9. The van der Waals surface area contributed by atoms with E-state index in [9.17, 15) is 24.0 Å². The summed E-state index contributed by atoms with van der Waals surface area (Å²) >= 11 is 0. The molecule has 6 atom stereocenters. The minimum atomic E-state index is -1.08. The van der Waals surface area contributed by atoms with E-state index >= 15 is 0 Å². The highest BCUT2D eigenvalue weighted by Crippen LogP contribution is 2.65. The molecule has 0 bridgehead atoms. The fourth-order valence-electron chi connectivity index (χ4n) is 7.60. The molecule has 4 fully saturated rings. The van der Waals surface area contributed by atoms with E-state index in [-0.39, 0.29) is 41.0 Å². The second kappa shape index (κ2) is 14.2. The number of ketones is 1. The Morgan fingerprint density at radius 3 is 2.16 bits per heavy atom. The van der Waals surface area contributed by atoms with Gasteiger partial charge in [-0.3, -0.25) is 24.1 Å². The molecule has 1 aromatic heterocycles. The van der Waals surface area contributed by atoms with Gasteiger partial charge in [0.25, 0.3) is 5.91 Å². The van der Waals surface area contributed by atoms with E-state index in [1.807, 2.05) is 20.8 Å². The SMILES string of the molecule is CC(C)[C@@H](CN1CCN(c2ncccn2)CC1)NC(=O)N[C@H](C(=O)N1C[C@H]2[C@@H]([C@H]1C(=O)NC(CC1CC1)C(=O)C(N)=O)C2(C)C)C(C)(C)C. The number of nitrogens with zero attached hydrogens (tertiary/aromatic N) is 5. The molecule has 0 radical (unpaired) electrons. The molecule has 14 heteroatoms. The normalized spacial score (nSPS) is 25.2. The fraction of sp³-hybridized carbons (Fsp3) is 0.743. The van der Waals surface area contributed by atoms with Crippen LogP contribution in [0.3, 0.4) is 0 Å². The van der Waals surface area contributed by atoms with Crippen molar-refractivity contribution < 1.29 is 24.0 Å². The van der Waals surface area contributed by atoms with Crippen molar-refractivity contribution in [2.24, 2.45) is 40.2 Å². The van der Waals surface area contributed by atoms with E-state index in [0.717, 1.165) is 39.0 Å². The van der Waals surface area contributed by atoms with Gasteiger partial charge in [0.2, 0.25) is 23.5 Å². The lowest BCUT2D eigenvalue weighted by atomic mass is 9.85. The molecule has 2 aliphatic heterocycles. The zero-order valence-corrected chi connectivity index (χ0v) is 30.1. The van der Waals surface area contributed by atoms with E-state index in [4.69, 9.17) is 5.73 Å². The largest absolute Gasteiger partial charge is 0.363 e. The van der Waals surface area contributed by atoms with E-state index in [2.05, 4.69) is 63.4 Å². The zero-order valence-electron chi connectivity index (χ0n) is 30.1. The van der Waals surface area contributed by atoms with Crippen LogP contribution in [0.4, 0.5) is 10.7 Å². The highest BCUT2D eigenvalue weighted by atomic mass is 16.2. The van der Waals surface area contributed by atoms with Gasteiger partial charge in [-0.05, 0) is 47.0 Å². The Morgan fingerprint density at radius 2 is 1.61 bits per heavy atom. The van der Waals surface area contributed by atoms with Gasteiger partial charge in [0.15, 0.2) is 0 Å². The van der Waals surface area contributed by atoms with Gasteiger partial charge in [0, 0.05) is 57.7 Å². The van der Waals surface area contributed by atoms with Crippen molar-refractivity contribution in [2.75, 3.05) is 44.2 Å². The van der Waals surface area contributed by atoms with Crippen LogP contribution in [-0.2, 0) is 19.2 Å². The number of nitrogens with one attached hydrogen (secondary N) is 3. The smallest absolute Gasteiger partial charge is 0.315 e. The Hall–Kier alpha value is -3.81. The highest BCUT2D eigenvalue weighted by molar-refractivity contribution is 6.37. The average molecular weight is 682 g/mol. The molecule has 14 nitrogen and oxygen atoms in total. The molecule has 5 amide bonds. The van der Waals surface area contributed by atoms with Gasteiger partial charge in [0.1, 0.15) is 12.1 Å². The summed E-state index contributed by atoms with van der Waals surface area (Å²) in [4.78, 5) is 81.1. The number of aromatic nitrogens is 2. The lowest BCUT2D eigenvalue weighted by Gasteiger charge is -2.39. The van der Waals surface area contributed by atoms with Gasteiger partial charge in [-0.1, -0.05) is 61.3 Å². The van der Waals surface area contributed by atoms with Crippen LogP contribution in [0.2, 0.25) is 0 Å². The molecular formula is C35H55N9O5. The number of piperidine rings is 1. The van der Waals surface area contributed by atoms with Crippen LogP contribution in [-0.4, -0.2) is 113 Å². The lowest BCUT2D eigenvalue weighted by Crippen LogP contribution is -2.62. The van der Waals surface area contributed by atoms with Crippen molar-refractivity contribution in [1.82, 2.24) is 35.7 Å². The summed E-state index contributed by atoms with van der Waals surface area (Å²) in [6.07, 6.45) is 5.70. The third kappa shape index (κ3) is 8.33. The lowest BCUT2D eigenvalue weighted by molar-refractivity contribution is -0.145. The van der Waals surface area contributed by atoms with Crippen LogP contribution in [0.1, 0.15) is 67.7 Å². The number of nitrogens with two attached hydrogens (primary N) is 1. The number of fused-ring (bicyclic) bond motifs is 1. The molecule has 2 aliphatic carbocycles. The van der Waals surface area contributed by atoms with Gasteiger partial charge < -0.3 is 31.5 Å². The summed E-state index contributed by atoms with van der Waals surface area (Å²) in [6.45, 7) is 18.1. The third-order valence-electron chi connectivity index (χ3n) is 11.1. The molecule has 5 rings (SSSR count). The number of primary amides is 1. The minimum Gasteiger partial charge on any atom is -0.363 e. The molecule has 4 aliphatic rings. The maximum Gasteiger partial charge on any atom is 0.315 e. The molecule has 1 aromatic rings. The first-order valence-corrected chi connectivity index (χ1v) is 17.7. The van der Waals surface area contributed by atoms with E-state index in [1.165, 1.54) is 0 Å². The minimum absolute atomic E-state index is 0.101. The van der Waals surface area contributed by atoms with Crippen molar-refractivity contribution in [3.63, 3.8) is 0 Å². The zero-order chi connectivity index (χ0) is 35.8. The first-order chi connectivity index (χ1) is 23.0. The number of carbonyl (C=O) groups is 5. The molecular weight excluding hydrogens is 626 g/mol. The molecule has 2 saturated heterocycles. The summed E-state index contributed by atoms with van der Waals surface area (Å²) in [7, 11) is 0. The monoisotopic (exact) mass is 681 g/mol. The van der Waals surface area contributed by atoms with Crippen molar-refractivity contribution >= 4 is 35.5 Å². The van der Waals surface area contributed by atoms with Crippen LogP contribution >= 0.6 is 0 Å². The number of likely N-dealkylation sites (tertiary alicyclic amines) is 1. The van der Waals surface area contributed by atoms with Crippen molar-refractivity contribution in [2.45, 2.75) is 91.9 Å². The molecule has 270 valence electrons. The first kappa shape index (κ1) is 36.5. The number of urea groups is 1. The van der Waals surface area contributed by atoms with Gasteiger partial charge in [0.05, 0.1) is 6.04 Å². The van der Waals surface area contributed by atoms with Crippen molar-refractivity contribution in [1.29, 1.82) is 0 Å². The Kier molecular flexibility index (Phi) is 10.6. The van der Waals surface area contributed by atoms with Crippen LogP contribution in [0.15, 0.2) is 18.5 Å². The van der Waals surface area contributed by atoms with Gasteiger partial charge in [-0.2, -0.15) is 0 Å². The number of amides is 5. The summed E-state index contributed by atoms with van der Waals surface area (Å²) in [5.41, 5.74) is 4.49. The average Bonchev–Trinajstić information content (AvgIpc) is 3.90. The van der Waals surface area contributed by atoms with Crippen LogP contribution < -0.4 is 26.6 Å². The molecule has 0 aromatic carbocycles. The van der Waals surface area contributed by atoms with Gasteiger partial charge in [-0.15, -0.1) is 0 Å².